The van der Waals surface area contributed by atoms with E-state index in [4.69, 9.17) is 5.73 Å². The maximum absolute atomic E-state index is 11.1. The molecule has 4 fully saturated rings. The van der Waals surface area contributed by atoms with E-state index in [9.17, 15) is 5.11 Å². The zero-order chi connectivity index (χ0) is 15.4. The zero-order valence-corrected chi connectivity index (χ0v) is 12.6. The molecule has 4 aliphatic carbocycles. The smallest absolute Gasteiger partial charge is 0.209 e. The van der Waals surface area contributed by atoms with Crippen LogP contribution >= 0.6 is 0 Å². The molecular formula is C17H17N5O. The second-order valence-corrected chi connectivity index (χ2v) is 7.80. The van der Waals surface area contributed by atoms with Gasteiger partial charge in [0.05, 0.1) is 6.33 Å². The van der Waals surface area contributed by atoms with Gasteiger partial charge in [-0.3, -0.25) is 0 Å². The molecule has 0 radical (unpaired) electrons. The van der Waals surface area contributed by atoms with Crippen molar-refractivity contribution >= 4 is 17.0 Å². The van der Waals surface area contributed by atoms with Crippen molar-refractivity contribution in [2.45, 2.75) is 31.3 Å². The maximum Gasteiger partial charge on any atom is 0.209 e. The maximum atomic E-state index is 11.1. The molecule has 23 heavy (non-hydrogen) atoms. The predicted molar refractivity (Wildman–Crippen MR) is 82.8 cm³/mol. The van der Waals surface area contributed by atoms with Crippen LogP contribution in [0.3, 0.4) is 0 Å². The summed E-state index contributed by atoms with van der Waals surface area (Å²) in [7, 11) is 0. The van der Waals surface area contributed by atoms with Crippen molar-refractivity contribution in [1.29, 1.82) is 0 Å². The van der Waals surface area contributed by atoms with Crippen LogP contribution in [0, 0.1) is 40.9 Å². The minimum absolute atomic E-state index is 0.343. The lowest BCUT2D eigenvalue weighted by molar-refractivity contribution is -0.295. The van der Waals surface area contributed by atoms with E-state index in [1.807, 2.05) is 0 Å². The van der Waals surface area contributed by atoms with Crippen molar-refractivity contribution in [1.82, 2.24) is 19.9 Å². The molecule has 116 valence electrons. The van der Waals surface area contributed by atoms with Gasteiger partial charge >= 0.3 is 0 Å². The number of nitrogens with zero attached hydrogens (tertiary/aromatic N) is 3. The van der Waals surface area contributed by atoms with E-state index in [1.54, 1.807) is 6.33 Å². The molecule has 2 aromatic heterocycles. The van der Waals surface area contributed by atoms with E-state index in [1.165, 1.54) is 12.8 Å². The Kier molecular flexibility index (Phi) is 1.88. The summed E-state index contributed by atoms with van der Waals surface area (Å²) in [6.45, 7) is 0. The van der Waals surface area contributed by atoms with Gasteiger partial charge in [0.2, 0.25) is 5.82 Å². The number of aromatic amines is 1. The number of nitrogen functional groups attached to an aromatic ring is 1. The number of nitrogens with two attached hydrogens (primary N) is 1. The number of H-pyrrole nitrogens is 1. The molecule has 6 unspecified atom stereocenters. The van der Waals surface area contributed by atoms with Gasteiger partial charge in [0, 0.05) is 11.8 Å². The van der Waals surface area contributed by atoms with E-state index in [2.05, 4.69) is 31.8 Å². The lowest BCUT2D eigenvalue weighted by Gasteiger charge is -2.72. The lowest BCUT2D eigenvalue weighted by Crippen LogP contribution is -2.75. The SMILES string of the molecule is Nc1nc(C#CC2(O)C3CC4CC5CC2C53C4)nc2nc[nH]c12. The van der Waals surface area contributed by atoms with Crippen LogP contribution in [0.5, 0.6) is 0 Å². The topological polar surface area (TPSA) is 101 Å². The van der Waals surface area contributed by atoms with Gasteiger partial charge in [0.25, 0.3) is 0 Å². The van der Waals surface area contributed by atoms with Crippen molar-refractivity contribution in [2.75, 3.05) is 5.73 Å². The molecule has 0 aromatic carbocycles. The molecule has 4 saturated carbocycles. The quantitative estimate of drug-likeness (QED) is 0.632. The summed E-state index contributed by atoms with van der Waals surface area (Å²) in [6.07, 6.45) is 6.52. The Hall–Kier alpha value is -2.13. The molecule has 6 nitrogen and oxygen atoms in total. The average Bonchev–Trinajstić information content (AvgIpc) is 3.19. The van der Waals surface area contributed by atoms with Crippen LogP contribution in [0.4, 0.5) is 5.82 Å². The fourth-order valence-electron chi connectivity index (χ4n) is 6.43. The monoisotopic (exact) mass is 307 g/mol. The minimum Gasteiger partial charge on any atom is -0.382 e. The van der Waals surface area contributed by atoms with Gasteiger partial charge < -0.3 is 15.8 Å². The van der Waals surface area contributed by atoms with Gasteiger partial charge in [-0.15, -0.1) is 0 Å². The number of hydrogen-bond acceptors (Lipinski definition) is 5. The molecule has 0 aliphatic heterocycles. The number of rotatable bonds is 0. The molecule has 4 aliphatic rings. The number of nitrogens with one attached hydrogen (secondary N) is 1. The molecule has 0 saturated heterocycles. The normalized spacial score (nSPS) is 45.1. The van der Waals surface area contributed by atoms with Crippen LogP contribution in [0.25, 0.3) is 11.2 Å². The third kappa shape index (κ3) is 1.19. The van der Waals surface area contributed by atoms with Gasteiger partial charge in [-0.05, 0) is 48.9 Å². The third-order valence-electron chi connectivity index (χ3n) is 7.16. The average molecular weight is 307 g/mol. The highest BCUT2D eigenvalue weighted by molar-refractivity contribution is 5.81. The van der Waals surface area contributed by atoms with Crippen LogP contribution in [0.1, 0.15) is 31.5 Å². The van der Waals surface area contributed by atoms with Crippen molar-refractivity contribution in [3.05, 3.63) is 12.2 Å². The van der Waals surface area contributed by atoms with Gasteiger partial charge in [-0.2, -0.15) is 4.98 Å². The van der Waals surface area contributed by atoms with Crippen LogP contribution in [-0.2, 0) is 0 Å². The fraction of sp³-hybridized carbons (Fsp3) is 0.588. The molecule has 0 amide bonds. The van der Waals surface area contributed by atoms with Crippen molar-refractivity contribution in [3.63, 3.8) is 0 Å². The first-order valence-corrected chi connectivity index (χ1v) is 8.33. The molecule has 4 N–H and O–H groups in total. The van der Waals surface area contributed by atoms with Gasteiger partial charge in [-0.1, -0.05) is 5.92 Å². The van der Waals surface area contributed by atoms with Gasteiger partial charge in [-0.25, -0.2) is 9.97 Å². The van der Waals surface area contributed by atoms with Crippen molar-refractivity contribution in [2.24, 2.45) is 29.1 Å². The minimum atomic E-state index is -0.843. The number of hydrogen-bond donors (Lipinski definition) is 3. The second kappa shape index (κ2) is 3.51. The highest BCUT2D eigenvalue weighted by Gasteiger charge is 2.83. The van der Waals surface area contributed by atoms with Gasteiger partial charge in [0.1, 0.15) is 11.1 Å². The summed E-state index contributed by atoms with van der Waals surface area (Å²) >= 11 is 0. The second-order valence-electron chi connectivity index (χ2n) is 7.80. The Morgan fingerprint density at radius 1 is 1.26 bits per heavy atom. The van der Waals surface area contributed by atoms with E-state index < -0.39 is 5.60 Å². The number of anilines is 1. The largest absolute Gasteiger partial charge is 0.382 e. The number of imidazole rings is 1. The molecule has 6 heteroatoms. The third-order valence-corrected chi connectivity index (χ3v) is 7.16. The summed E-state index contributed by atoms with van der Waals surface area (Å²) in [4.78, 5) is 15.5. The highest BCUT2D eigenvalue weighted by Crippen LogP contribution is 2.84. The Balaban J connectivity index is 1.39. The number of aliphatic hydroxyl groups is 1. The lowest BCUT2D eigenvalue weighted by atomic mass is 9.32. The van der Waals surface area contributed by atoms with E-state index >= 15 is 0 Å². The van der Waals surface area contributed by atoms with E-state index in [0.717, 1.165) is 24.7 Å². The van der Waals surface area contributed by atoms with Crippen LogP contribution in [-0.4, -0.2) is 30.6 Å². The molecule has 6 rings (SSSR count). The Labute approximate surface area is 132 Å². The van der Waals surface area contributed by atoms with Crippen LogP contribution in [0.2, 0.25) is 0 Å². The standard InChI is InChI=1S/C17H17N5O/c18-14-13-15(20-7-19-13)22-12(21-14)1-2-17(23)10-4-8-3-9-5-11(17)16(9,10)6-8/h7-11,23H,3-6H2,(H3,18,19,20,21,22). The van der Waals surface area contributed by atoms with Crippen molar-refractivity contribution in [3.8, 4) is 11.8 Å². The summed E-state index contributed by atoms with van der Waals surface area (Å²) < 4.78 is 0. The molecule has 2 aromatic rings. The highest BCUT2D eigenvalue weighted by atomic mass is 16.3. The summed E-state index contributed by atoms with van der Waals surface area (Å²) in [5.41, 5.74) is 6.64. The Morgan fingerprint density at radius 2 is 2.13 bits per heavy atom. The summed E-state index contributed by atoms with van der Waals surface area (Å²) in [5.74, 6) is 9.17. The summed E-state index contributed by atoms with van der Waals surface area (Å²) in [6, 6.07) is 0. The first-order valence-electron chi connectivity index (χ1n) is 8.33. The molecule has 2 bridgehead atoms. The number of fused-ring (bicyclic) bond motifs is 2. The predicted octanol–water partition coefficient (Wildman–Crippen LogP) is 1.08. The fourth-order valence-corrected chi connectivity index (χ4v) is 6.43. The first kappa shape index (κ1) is 12.3. The first-order chi connectivity index (χ1) is 11.1. The van der Waals surface area contributed by atoms with Crippen LogP contribution < -0.4 is 5.73 Å². The zero-order valence-electron chi connectivity index (χ0n) is 12.6. The van der Waals surface area contributed by atoms with Gasteiger partial charge in [0.15, 0.2) is 11.5 Å². The molecule has 2 heterocycles. The summed E-state index contributed by atoms with van der Waals surface area (Å²) in [5, 5.41) is 11.1. The molecular weight excluding hydrogens is 290 g/mol. The molecule has 1 spiro atoms. The molecule has 6 atom stereocenters. The van der Waals surface area contributed by atoms with Crippen LogP contribution in [0.15, 0.2) is 6.33 Å². The van der Waals surface area contributed by atoms with Crippen molar-refractivity contribution < 1.29 is 5.11 Å². The Morgan fingerprint density at radius 3 is 3.00 bits per heavy atom. The van der Waals surface area contributed by atoms with E-state index in [0.29, 0.717) is 40.1 Å². The van der Waals surface area contributed by atoms with E-state index in [-0.39, 0.29) is 0 Å². The Bertz CT molecular complexity index is 926. The number of aromatic nitrogens is 4.